The molecule has 100 valence electrons. The molecule has 9 heteroatoms. The second kappa shape index (κ2) is 4.52. The highest BCUT2D eigenvalue weighted by molar-refractivity contribution is 7.71. The van der Waals surface area contributed by atoms with Crippen molar-refractivity contribution in [3.05, 3.63) is 27.4 Å². The first-order valence-electron chi connectivity index (χ1n) is 5.84. The molecule has 1 saturated heterocycles. The summed E-state index contributed by atoms with van der Waals surface area (Å²) in [7, 11) is 0. The maximum Gasteiger partial charge on any atom is 0.263 e. The van der Waals surface area contributed by atoms with Gasteiger partial charge in [-0.2, -0.15) is 0 Å². The fourth-order valence-corrected chi connectivity index (χ4v) is 1.90. The van der Waals surface area contributed by atoms with Gasteiger partial charge in [-0.15, -0.1) is 0 Å². The number of H-pyrrole nitrogens is 1. The molecule has 1 aliphatic rings. The van der Waals surface area contributed by atoms with Gasteiger partial charge in [0.1, 0.15) is 18.8 Å². The SMILES string of the molecule is [2H]C([2H])(O)[C@@]1(F)O[C@@H](n2ccc(=O)[nH]c2=S)[C@H](O)[C@@H]1O. The minimum Gasteiger partial charge on any atom is -0.390 e. The van der Waals surface area contributed by atoms with Crippen molar-refractivity contribution in [3.8, 4) is 0 Å². The van der Waals surface area contributed by atoms with Crippen molar-refractivity contribution in [2.24, 2.45) is 0 Å². The number of rotatable bonds is 2. The number of halogens is 1. The highest BCUT2D eigenvalue weighted by atomic mass is 32.1. The minimum absolute atomic E-state index is 0.225. The predicted molar refractivity (Wildman–Crippen MR) is 58.9 cm³/mol. The van der Waals surface area contributed by atoms with E-state index >= 15 is 0 Å². The number of nitrogens with zero attached hydrogens (tertiary/aromatic N) is 1. The number of aliphatic hydroxyl groups is 3. The lowest BCUT2D eigenvalue weighted by molar-refractivity contribution is -0.207. The van der Waals surface area contributed by atoms with Gasteiger partial charge < -0.3 is 20.1 Å². The Kier molecular flexibility index (Phi) is 2.70. The lowest BCUT2D eigenvalue weighted by atomic mass is 10.1. The Hall–Kier alpha value is -1.13. The summed E-state index contributed by atoms with van der Waals surface area (Å²) in [6.07, 6.45) is -4.77. The Balaban J connectivity index is 2.46. The van der Waals surface area contributed by atoms with Crippen LogP contribution in [0.15, 0.2) is 17.1 Å². The fraction of sp³-hybridized carbons (Fsp3) is 0.556. The van der Waals surface area contributed by atoms with Crippen LogP contribution in [0.25, 0.3) is 0 Å². The Morgan fingerprint density at radius 1 is 1.72 bits per heavy atom. The largest absolute Gasteiger partial charge is 0.390 e. The zero-order chi connectivity index (χ0) is 15.3. The molecule has 0 aliphatic carbocycles. The summed E-state index contributed by atoms with van der Waals surface area (Å²) in [5.74, 6) is -3.54. The van der Waals surface area contributed by atoms with Crippen molar-refractivity contribution in [1.82, 2.24) is 9.55 Å². The summed E-state index contributed by atoms with van der Waals surface area (Å²) in [4.78, 5) is 13.2. The third-order valence-corrected chi connectivity index (χ3v) is 2.88. The zero-order valence-electron chi connectivity index (χ0n) is 10.8. The molecule has 1 aromatic rings. The summed E-state index contributed by atoms with van der Waals surface area (Å²) in [6, 6.07) is 1.02. The van der Waals surface area contributed by atoms with Crippen LogP contribution in [0.5, 0.6) is 0 Å². The Morgan fingerprint density at radius 3 is 2.89 bits per heavy atom. The Labute approximate surface area is 108 Å². The maximum absolute atomic E-state index is 14.2. The van der Waals surface area contributed by atoms with Crippen LogP contribution in [-0.4, -0.2) is 49.5 Å². The van der Waals surface area contributed by atoms with Crippen molar-refractivity contribution in [1.29, 1.82) is 0 Å². The summed E-state index contributed by atoms with van der Waals surface area (Å²) >= 11 is 4.79. The van der Waals surface area contributed by atoms with Gasteiger partial charge in [-0.05, 0) is 12.2 Å². The third-order valence-electron chi connectivity index (χ3n) is 2.57. The van der Waals surface area contributed by atoms with E-state index in [1.165, 1.54) is 0 Å². The van der Waals surface area contributed by atoms with Gasteiger partial charge >= 0.3 is 0 Å². The summed E-state index contributed by atoms with van der Waals surface area (Å²) in [5.41, 5.74) is -0.539. The van der Waals surface area contributed by atoms with Crippen LogP contribution < -0.4 is 5.56 Å². The van der Waals surface area contributed by atoms with Gasteiger partial charge in [0.2, 0.25) is 0 Å². The summed E-state index contributed by atoms with van der Waals surface area (Å²) < 4.78 is 33.5. The van der Waals surface area contributed by atoms with Gasteiger partial charge in [0.15, 0.2) is 11.0 Å². The van der Waals surface area contributed by atoms with Crippen molar-refractivity contribution >= 4 is 12.2 Å². The minimum atomic E-state index is -3.55. The maximum atomic E-state index is 14.2. The topological polar surface area (TPSA) is 108 Å². The molecule has 0 amide bonds. The highest BCUT2D eigenvalue weighted by Gasteiger charge is 2.55. The fourth-order valence-electron chi connectivity index (χ4n) is 1.63. The average Bonchev–Trinajstić information content (AvgIpc) is 2.54. The molecule has 4 N–H and O–H groups in total. The molecule has 1 fully saturated rings. The number of aromatic nitrogens is 2. The molecule has 4 atom stereocenters. The van der Waals surface area contributed by atoms with Gasteiger partial charge in [-0.25, -0.2) is 4.39 Å². The molecule has 0 saturated carbocycles. The van der Waals surface area contributed by atoms with E-state index in [0.717, 1.165) is 16.8 Å². The zero-order valence-corrected chi connectivity index (χ0v) is 9.59. The molecule has 18 heavy (non-hydrogen) atoms. The lowest BCUT2D eigenvalue weighted by Gasteiger charge is -2.20. The van der Waals surface area contributed by atoms with Gasteiger partial charge in [0.05, 0.1) is 2.74 Å². The second-order valence-corrected chi connectivity index (χ2v) is 4.10. The monoisotopic (exact) mass is 280 g/mol. The van der Waals surface area contributed by atoms with E-state index in [1.807, 2.05) is 0 Å². The van der Waals surface area contributed by atoms with E-state index in [2.05, 4.69) is 9.72 Å². The number of aliphatic hydroxyl groups excluding tert-OH is 2. The van der Waals surface area contributed by atoms with Gasteiger partial charge in [-0.1, -0.05) is 0 Å². The molecule has 0 bridgehead atoms. The molecular weight excluding hydrogens is 267 g/mol. The van der Waals surface area contributed by atoms with E-state index in [9.17, 15) is 19.4 Å². The standard InChI is InChI=1S/C9H11FN2O5S/c10-9(3-13)6(16)5(15)7(17-9)12-2-1-4(14)11-8(12)18/h1-2,5-7,13,15-16H,3H2,(H,11,14,18)/t5-,6+,7-,9-/m1/s1/i3D2. The van der Waals surface area contributed by atoms with E-state index in [0.29, 0.717) is 0 Å². The van der Waals surface area contributed by atoms with Gasteiger partial charge in [-0.3, -0.25) is 14.3 Å². The third kappa shape index (κ3) is 1.99. The normalized spacial score (nSPS) is 38.3. The number of aromatic amines is 1. The van der Waals surface area contributed by atoms with Crippen LogP contribution in [0.2, 0.25) is 0 Å². The molecule has 1 aliphatic heterocycles. The predicted octanol–water partition coefficient (Wildman–Crippen LogP) is -1.19. The molecular formula is C9H11FN2O5S. The first kappa shape index (κ1) is 10.8. The van der Waals surface area contributed by atoms with Crippen LogP contribution in [0.4, 0.5) is 4.39 Å². The molecule has 0 unspecified atom stereocenters. The second-order valence-electron chi connectivity index (χ2n) is 3.72. The quantitative estimate of drug-likeness (QED) is 0.508. The molecule has 2 heterocycles. The Morgan fingerprint density at radius 2 is 2.39 bits per heavy atom. The number of ether oxygens (including phenoxy) is 1. The first-order valence-corrected chi connectivity index (χ1v) is 5.25. The molecule has 0 spiro atoms. The van der Waals surface area contributed by atoms with Crippen LogP contribution in [0.1, 0.15) is 8.97 Å². The number of alkyl halides is 1. The smallest absolute Gasteiger partial charge is 0.263 e. The molecule has 1 aromatic heterocycles. The van der Waals surface area contributed by atoms with Crippen molar-refractivity contribution < 1.29 is 27.2 Å². The lowest BCUT2D eigenvalue weighted by Crippen LogP contribution is -2.42. The van der Waals surface area contributed by atoms with Crippen molar-refractivity contribution in [2.45, 2.75) is 24.3 Å². The van der Waals surface area contributed by atoms with Crippen LogP contribution in [0, 0.1) is 4.77 Å². The highest BCUT2D eigenvalue weighted by Crippen LogP contribution is 2.37. The van der Waals surface area contributed by atoms with E-state index < -0.39 is 36.4 Å². The number of hydrogen-bond donors (Lipinski definition) is 4. The summed E-state index contributed by atoms with van der Waals surface area (Å²) in [6.45, 7) is -3.55. The molecule has 2 rings (SSSR count). The Bertz CT molecular complexity index is 632. The first-order chi connectivity index (χ1) is 9.08. The van der Waals surface area contributed by atoms with Crippen molar-refractivity contribution in [2.75, 3.05) is 6.56 Å². The van der Waals surface area contributed by atoms with Gasteiger partial charge in [0, 0.05) is 12.3 Å². The molecule has 0 aromatic carbocycles. The van der Waals surface area contributed by atoms with Gasteiger partial charge in [0.25, 0.3) is 11.4 Å². The average molecular weight is 280 g/mol. The van der Waals surface area contributed by atoms with Crippen LogP contribution >= 0.6 is 12.2 Å². The van der Waals surface area contributed by atoms with E-state index in [1.54, 1.807) is 0 Å². The molecule has 7 nitrogen and oxygen atoms in total. The van der Waals surface area contributed by atoms with E-state index in [-0.39, 0.29) is 4.77 Å². The van der Waals surface area contributed by atoms with Crippen molar-refractivity contribution in [3.63, 3.8) is 0 Å². The van der Waals surface area contributed by atoms with Crippen LogP contribution in [0.3, 0.4) is 0 Å². The van der Waals surface area contributed by atoms with E-state index in [4.69, 9.17) is 20.1 Å². The summed E-state index contributed by atoms with van der Waals surface area (Å²) in [5, 5.41) is 28.4. The number of hydrogen-bond acceptors (Lipinski definition) is 6. The van der Waals surface area contributed by atoms with Crippen LogP contribution in [-0.2, 0) is 4.74 Å². The molecule has 0 radical (unpaired) electrons. The number of nitrogens with one attached hydrogen (secondary N) is 1.